The van der Waals surface area contributed by atoms with Gasteiger partial charge in [0, 0.05) is 65.1 Å². The summed E-state index contributed by atoms with van der Waals surface area (Å²) in [5, 5.41) is 18.2. The van der Waals surface area contributed by atoms with Gasteiger partial charge in [-0.2, -0.15) is 26.6 Å². The number of thioether (sulfide) groups is 1. The molecule has 2 aliphatic heterocycles. The van der Waals surface area contributed by atoms with Crippen LogP contribution < -0.4 is 15.1 Å². The number of amides is 1. The summed E-state index contributed by atoms with van der Waals surface area (Å²) in [6.07, 6.45) is 1.54. The van der Waals surface area contributed by atoms with E-state index in [0.717, 1.165) is 36.7 Å². The summed E-state index contributed by atoms with van der Waals surface area (Å²) in [4.78, 5) is 36.2. The number of Topliss-reactive ketones (excluding diaryl/α,β-unsaturated/α-hetero) is 1. The van der Waals surface area contributed by atoms with Gasteiger partial charge >= 0.3 is 0 Å². The molecule has 46 heavy (non-hydrogen) atoms. The number of carbonyl (C=O) groups is 2. The molecule has 1 N–H and O–H groups in total. The average molecular weight is 680 g/mol. The second-order valence-corrected chi connectivity index (χ2v) is 26.7. The number of hydrogen-bond donors (Lipinski definition) is 1. The summed E-state index contributed by atoms with van der Waals surface area (Å²) in [5.41, 5.74) is 2.07. The second-order valence-electron chi connectivity index (χ2n) is 14.2. The Kier molecular flexibility index (Phi) is 10.6. The van der Waals surface area contributed by atoms with Gasteiger partial charge in [-0.1, -0.05) is 51.4 Å². The van der Waals surface area contributed by atoms with Gasteiger partial charge in [0.15, 0.2) is 23.1 Å². The lowest BCUT2D eigenvalue weighted by atomic mass is 9.87. The van der Waals surface area contributed by atoms with Crippen LogP contribution in [0.4, 0.5) is 17.3 Å². The maximum Gasteiger partial charge on any atom is 0.240 e. The molecule has 0 radical (unpaired) electrons. The van der Waals surface area contributed by atoms with Crippen LogP contribution in [0, 0.1) is 11.3 Å². The van der Waals surface area contributed by atoms with E-state index < -0.39 is 28.0 Å². The molecule has 1 aromatic carbocycles. The van der Waals surface area contributed by atoms with Crippen LogP contribution in [-0.2, 0) is 14.3 Å². The molecule has 11 nitrogen and oxygen atoms in total. The first-order chi connectivity index (χ1) is 21.9. The third-order valence-electron chi connectivity index (χ3n) is 8.13. The van der Waals surface area contributed by atoms with Crippen molar-refractivity contribution in [2.45, 2.75) is 57.3 Å². The number of para-hydroxylation sites is 1. The van der Waals surface area contributed by atoms with Crippen LogP contribution in [0.15, 0.2) is 30.5 Å². The van der Waals surface area contributed by atoms with Crippen molar-refractivity contribution in [3.63, 3.8) is 0 Å². The number of nitriles is 1. The van der Waals surface area contributed by atoms with Gasteiger partial charge in [-0.15, -0.1) is 0 Å². The fourth-order valence-corrected chi connectivity index (χ4v) is 7.83. The van der Waals surface area contributed by atoms with E-state index in [1.807, 2.05) is 16.7 Å². The van der Waals surface area contributed by atoms with Gasteiger partial charge in [0.2, 0.25) is 5.91 Å². The Hall–Kier alpha value is -3.23. The molecule has 4 heterocycles. The van der Waals surface area contributed by atoms with E-state index in [4.69, 9.17) is 14.5 Å². The van der Waals surface area contributed by atoms with E-state index in [1.165, 1.54) is 6.20 Å². The van der Waals surface area contributed by atoms with Crippen molar-refractivity contribution in [2.24, 2.45) is 0 Å². The molecule has 3 aromatic rings. The number of anilines is 3. The number of ether oxygens (including phenoxy) is 2. The number of hydrogen-bond acceptors (Lipinski definition) is 10. The van der Waals surface area contributed by atoms with Gasteiger partial charge in [-0.25, -0.2) is 4.98 Å². The Balaban J connectivity index is 1.61. The molecule has 1 unspecified atom stereocenters. The fraction of sp³-hybridized carbons (Fsp3) is 0.531. The molecule has 0 spiro atoms. The predicted octanol–water partition coefficient (Wildman–Crippen LogP) is 5.50. The second kappa shape index (κ2) is 14.3. The molecule has 14 heteroatoms. The summed E-state index contributed by atoms with van der Waals surface area (Å²) < 4.78 is 14.1. The molecular weight excluding hydrogens is 635 g/mol. The summed E-state index contributed by atoms with van der Waals surface area (Å²) in [5.74, 6) is 0.954. The maximum atomic E-state index is 13.8. The fourth-order valence-electron chi connectivity index (χ4n) is 5.42. The van der Waals surface area contributed by atoms with E-state index in [-0.39, 0.29) is 19.2 Å². The van der Waals surface area contributed by atoms with E-state index >= 15 is 0 Å². The number of fused-ring (bicyclic) bond motifs is 2. The third-order valence-corrected chi connectivity index (χ3v) is 12.5. The third kappa shape index (κ3) is 7.83. The Morgan fingerprint density at radius 3 is 2.26 bits per heavy atom. The zero-order chi connectivity index (χ0) is 33.1. The summed E-state index contributed by atoms with van der Waals surface area (Å²) in [6, 6.07) is 11.4. The highest BCUT2D eigenvalue weighted by Crippen LogP contribution is 2.37. The molecule has 246 valence electrons. The minimum atomic E-state index is -1.34. The number of nitrogens with one attached hydrogen (secondary N) is 1. The molecule has 1 fully saturated rings. The van der Waals surface area contributed by atoms with Crippen molar-refractivity contribution >= 4 is 62.6 Å². The van der Waals surface area contributed by atoms with Gasteiger partial charge in [0.1, 0.15) is 31.0 Å². The number of nitrogens with zero attached hydrogens (tertiary/aromatic N) is 6. The molecule has 0 bridgehead atoms. The van der Waals surface area contributed by atoms with Crippen molar-refractivity contribution < 1.29 is 19.1 Å². The topological polar surface area (TPSA) is 125 Å². The molecule has 0 saturated carbocycles. The molecule has 5 rings (SSSR count). The van der Waals surface area contributed by atoms with Crippen LogP contribution in [0.5, 0.6) is 0 Å². The first-order valence-electron chi connectivity index (χ1n) is 15.9. The standard InChI is InChI=1S/C32H45N7O4SSi2/c1-45(2,3)17-13-42-21-38(22-43-14-18-46(4,5)6)32-24(19-33)29(37-11-15-44-16-12-37)36-30-25(20-34-39(30)32)27-28(40)23-9-7-8-10-26(23)35-31(27)41/h7-10,20,27H,11-18,21-22H2,1-6H3,(H,35,41). The van der Waals surface area contributed by atoms with Gasteiger partial charge in [-0.05, 0) is 24.2 Å². The van der Waals surface area contributed by atoms with Gasteiger partial charge in [0.05, 0.1) is 11.9 Å². The zero-order valence-electron chi connectivity index (χ0n) is 27.8. The van der Waals surface area contributed by atoms with Gasteiger partial charge in [-0.3, -0.25) is 9.59 Å². The van der Waals surface area contributed by atoms with Gasteiger partial charge < -0.3 is 24.6 Å². The van der Waals surface area contributed by atoms with Crippen molar-refractivity contribution in [1.82, 2.24) is 14.6 Å². The molecular formula is C32H45N7O4SSi2. The smallest absolute Gasteiger partial charge is 0.240 e. The van der Waals surface area contributed by atoms with Crippen LogP contribution in [0.1, 0.15) is 27.4 Å². The molecule has 0 aliphatic carbocycles. The van der Waals surface area contributed by atoms with E-state index in [0.29, 0.717) is 52.9 Å². The lowest BCUT2D eigenvalue weighted by molar-refractivity contribution is -0.116. The van der Waals surface area contributed by atoms with Crippen LogP contribution >= 0.6 is 11.8 Å². The number of carbonyl (C=O) groups excluding carboxylic acids is 2. The Morgan fingerprint density at radius 1 is 1.02 bits per heavy atom. The van der Waals surface area contributed by atoms with Gasteiger partial charge in [0.25, 0.3) is 0 Å². The van der Waals surface area contributed by atoms with E-state index in [9.17, 15) is 14.9 Å². The number of ketones is 1. The van der Waals surface area contributed by atoms with Crippen LogP contribution in [0.25, 0.3) is 5.65 Å². The van der Waals surface area contributed by atoms with E-state index in [1.54, 1.807) is 28.8 Å². The number of benzene rings is 1. The van der Waals surface area contributed by atoms with Crippen molar-refractivity contribution in [3.05, 3.63) is 47.2 Å². The van der Waals surface area contributed by atoms with E-state index in [2.05, 4.69) is 60.7 Å². The van der Waals surface area contributed by atoms with Crippen molar-refractivity contribution in [1.29, 1.82) is 5.26 Å². The number of aromatic nitrogens is 3. The lowest BCUT2D eigenvalue weighted by Crippen LogP contribution is -2.37. The predicted molar refractivity (Wildman–Crippen MR) is 190 cm³/mol. The Bertz CT molecular complexity index is 1600. The molecule has 1 atom stereocenters. The highest BCUT2D eigenvalue weighted by Gasteiger charge is 2.39. The summed E-state index contributed by atoms with van der Waals surface area (Å²) >= 11 is 1.86. The van der Waals surface area contributed by atoms with Crippen molar-refractivity contribution in [3.8, 4) is 6.07 Å². The quantitative estimate of drug-likeness (QED) is 0.107. The average Bonchev–Trinajstić information content (AvgIpc) is 3.42. The highest BCUT2D eigenvalue weighted by molar-refractivity contribution is 7.99. The minimum Gasteiger partial charge on any atom is -0.361 e. The molecule has 1 saturated heterocycles. The lowest BCUT2D eigenvalue weighted by Gasteiger charge is -2.32. The molecule has 2 aliphatic rings. The van der Waals surface area contributed by atoms with Crippen LogP contribution in [0.2, 0.25) is 51.4 Å². The highest BCUT2D eigenvalue weighted by atomic mass is 32.2. The molecule has 2 aromatic heterocycles. The first kappa shape index (κ1) is 34.1. The summed E-state index contributed by atoms with van der Waals surface area (Å²) in [6.45, 7) is 16.9. The normalized spacial score (nSPS) is 17.2. The zero-order valence-corrected chi connectivity index (χ0v) is 30.6. The maximum absolute atomic E-state index is 13.8. The van der Waals surface area contributed by atoms with Crippen LogP contribution in [-0.4, -0.2) is 93.7 Å². The molecule has 1 amide bonds. The monoisotopic (exact) mass is 679 g/mol. The van der Waals surface area contributed by atoms with Crippen molar-refractivity contribution in [2.75, 3.05) is 66.4 Å². The minimum absolute atomic E-state index is 0.186. The Morgan fingerprint density at radius 2 is 1.65 bits per heavy atom. The van der Waals surface area contributed by atoms with Crippen LogP contribution in [0.3, 0.4) is 0 Å². The SMILES string of the molecule is C[Si](C)(C)CCOCN(COCC[Si](C)(C)C)c1c(C#N)c(N2CCSCC2)nc2c(C3C(=O)Nc4ccccc4C3=O)cnn12. The largest absolute Gasteiger partial charge is 0.361 e. The summed E-state index contributed by atoms with van der Waals surface area (Å²) in [7, 11) is -2.67. The first-order valence-corrected chi connectivity index (χ1v) is 24.4. The Labute approximate surface area is 277 Å². The number of rotatable bonds is 13.